The molecule has 0 fully saturated rings. The molecule has 0 saturated heterocycles. The minimum Gasteiger partial charge on any atom is -0.407 e. The van der Waals surface area contributed by atoms with Crippen LogP contribution in [0, 0.1) is 0 Å². The summed E-state index contributed by atoms with van der Waals surface area (Å²) < 4.78 is 6.95. The Labute approximate surface area is 136 Å². The maximum absolute atomic E-state index is 6.95. The van der Waals surface area contributed by atoms with Gasteiger partial charge in [-0.3, -0.25) is 0 Å². The van der Waals surface area contributed by atoms with Gasteiger partial charge in [0.05, 0.1) is 5.60 Å². The van der Waals surface area contributed by atoms with Gasteiger partial charge in [-0.2, -0.15) is 0 Å². The van der Waals surface area contributed by atoms with Crippen LogP contribution in [0.2, 0.25) is 16.6 Å². The summed E-state index contributed by atoms with van der Waals surface area (Å²) in [5.41, 5.74) is 1.69. The fraction of sp³-hybridized carbons (Fsp3) is 0.875. The fourth-order valence-electron chi connectivity index (χ4n) is 3.39. The lowest BCUT2D eigenvalue weighted by Crippen LogP contribution is -2.53. The van der Waals surface area contributed by atoms with Crippen LogP contribution in [0.3, 0.4) is 0 Å². The van der Waals surface area contributed by atoms with Crippen LogP contribution in [0.5, 0.6) is 0 Å². The van der Waals surface area contributed by atoms with Gasteiger partial charge in [0.15, 0.2) is 0 Å². The number of rotatable bonds is 8. The summed E-state index contributed by atoms with van der Waals surface area (Å²) >= 11 is 3.58. The van der Waals surface area contributed by atoms with Crippen molar-refractivity contribution in [1.29, 1.82) is 0 Å². The Morgan fingerprint density at radius 3 is 1.60 bits per heavy atom. The first-order valence-corrected chi connectivity index (χ1v) is 12.2. The minimum atomic E-state index is -1.83. The van der Waals surface area contributed by atoms with E-state index in [2.05, 4.69) is 73.3 Å². The molecule has 0 rings (SSSR count). The summed E-state index contributed by atoms with van der Waals surface area (Å²) in [5.74, 6) is 0. The van der Waals surface area contributed by atoms with Crippen LogP contribution in [0.25, 0.3) is 0 Å². The van der Waals surface area contributed by atoms with E-state index in [-0.39, 0.29) is 5.60 Å². The molecule has 0 bridgehead atoms. The monoisotopic (exact) mass is 334 g/mol. The van der Waals surface area contributed by atoms with Gasteiger partial charge in [-0.05, 0) is 48.4 Å². The zero-order valence-corrected chi connectivity index (χ0v) is 17.7. The summed E-state index contributed by atoms with van der Waals surface area (Å²) in [7, 11) is -1.83. The van der Waals surface area contributed by atoms with E-state index in [1.807, 2.05) is 11.8 Å². The molecule has 0 spiro atoms. The number of thioether (sulfide) groups is 2. The summed E-state index contributed by atoms with van der Waals surface area (Å²) in [5, 5.41) is 2.24. The highest BCUT2D eigenvalue weighted by Crippen LogP contribution is 2.47. The molecule has 0 amide bonds. The maximum Gasteiger partial charge on any atom is 0.201 e. The molecular weight excluding hydrogens is 300 g/mol. The van der Waals surface area contributed by atoms with E-state index in [9.17, 15) is 0 Å². The smallest absolute Gasteiger partial charge is 0.201 e. The zero-order chi connectivity index (χ0) is 16.1. The summed E-state index contributed by atoms with van der Waals surface area (Å²) in [6, 6.07) is 0. The second-order valence-electron chi connectivity index (χ2n) is 6.85. The first-order valence-electron chi connectivity index (χ1n) is 7.53. The highest BCUT2D eigenvalue weighted by atomic mass is 32.2. The molecule has 0 N–H and O–H groups in total. The quantitative estimate of drug-likeness (QED) is 0.467. The van der Waals surface area contributed by atoms with E-state index < -0.39 is 8.32 Å². The van der Waals surface area contributed by atoms with Gasteiger partial charge in [-0.1, -0.05) is 41.5 Å². The number of hydrogen-bond acceptors (Lipinski definition) is 3. The lowest BCUT2D eigenvalue weighted by Gasteiger charge is -2.48. The summed E-state index contributed by atoms with van der Waals surface area (Å²) in [6.07, 6.45) is 4.26. The van der Waals surface area contributed by atoms with Gasteiger partial charge in [0, 0.05) is 4.91 Å². The zero-order valence-electron chi connectivity index (χ0n) is 15.0. The van der Waals surface area contributed by atoms with Crippen LogP contribution >= 0.6 is 23.5 Å². The van der Waals surface area contributed by atoms with Crippen LogP contribution in [-0.4, -0.2) is 26.4 Å². The normalized spacial score (nSPS) is 14.8. The van der Waals surface area contributed by atoms with Crippen molar-refractivity contribution < 1.29 is 4.43 Å². The molecule has 0 saturated carbocycles. The highest BCUT2D eigenvalue weighted by Gasteiger charge is 2.48. The second kappa shape index (κ2) is 8.30. The van der Waals surface area contributed by atoms with Crippen LogP contribution in [-0.2, 0) is 4.43 Å². The van der Waals surface area contributed by atoms with Gasteiger partial charge in [-0.15, -0.1) is 23.5 Å². The minimum absolute atomic E-state index is 0.187. The average molecular weight is 335 g/mol. The molecule has 120 valence electrons. The van der Waals surface area contributed by atoms with Gasteiger partial charge < -0.3 is 4.43 Å². The average Bonchev–Trinajstić information content (AvgIpc) is 2.31. The van der Waals surface area contributed by atoms with E-state index in [0.717, 1.165) is 0 Å². The van der Waals surface area contributed by atoms with Crippen molar-refractivity contribution in [1.82, 2.24) is 0 Å². The first kappa shape index (κ1) is 20.6. The van der Waals surface area contributed by atoms with Gasteiger partial charge >= 0.3 is 0 Å². The Hall–Kier alpha value is 0.617. The fourth-order valence-corrected chi connectivity index (χ4v) is 10.9. The molecule has 0 aromatic heterocycles. The van der Waals surface area contributed by atoms with Crippen LogP contribution in [0.4, 0.5) is 0 Å². The molecule has 20 heavy (non-hydrogen) atoms. The van der Waals surface area contributed by atoms with E-state index in [4.69, 9.17) is 4.43 Å². The highest BCUT2D eigenvalue weighted by molar-refractivity contribution is 8.05. The molecule has 0 aromatic carbocycles. The third-order valence-electron chi connectivity index (χ3n) is 4.18. The molecule has 0 aliphatic rings. The second-order valence-corrected chi connectivity index (χ2v) is 13.8. The van der Waals surface area contributed by atoms with Crippen molar-refractivity contribution in [2.45, 2.75) is 77.6 Å². The van der Waals surface area contributed by atoms with E-state index in [1.54, 1.807) is 11.8 Å². The molecule has 0 heterocycles. The molecule has 0 aliphatic heterocycles. The van der Waals surface area contributed by atoms with Crippen molar-refractivity contribution in [2.24, 2.45) is 0 Å². The molecule has 1 nitrogen and oxygen atoms in total. The lowest BCUT2D eigenvalue weighted by molar-refractivity contribution is 0.131. The van der Waals surface area contributed by atoms with Crippen molar-refractivity contribution in [2.75, 3.05) is 12.5 Å². The van der Waals surface area contributed by atoms with Gasteiger partial charge in [0.25, 0.3) is 0 Å². The third kappa shape index (κ3) is 4.55. The Morgan fingerprint density at radius 2 is 1.35 bits per heavy atom. The maximum atomic E-state index is 6.95. The Kier molecular flexibility index (Phi) is 8.56. The van der Waals surface area contributed by atoms with Crippen LogP contribution < -0.4 is 0 Å². The lowest BCUT2D eigenvalue weighted by atomic mass is 10.1. The topological polar surface area (TPSA) is 9.23 Å². The molecule has 4 heteroatoms. The molecule has 0 unspecified atom stereocenters. The summed E-state index contributed by atoms with van der Waals surface area (Å²) in [6.45, 7) is 18.6. The Bertz CT molecular complexity index is 301. The van der Waals surface area contributed by atoms with Crippen molar-refractivity contribution in [3.05, 3.63) is 10.3 Å². The van der Waals surface area contributed by atoms with Gasteiger partial charge in [0.1, 0.15) is 0 Å². The van der Waals surface area contributed by atoms with Crippen LogP contribution in [0.1, 0.15) is 55.4 Å². The molecule has 0 aromatic rings. The summed E-state index contributed by atoms with van der Waals surface area (Å²) in [4.78, 5) is 1.34. The van der Waals surface area contributed by atoms with Crippen LogP contribution in [0.15, 0.2) is 10.3 Å². The largest absolute Gasteiger partial charge is 0.407 e. The molecule has 0 atom stereocenters. The Balaban J connectivity index is 5.62. The first-order chi connectivity index (χ1) is 9.06. The third-order valence-corrected chi connectivity index (χ3v) is 12.1. The van der Waals surface area contributed by atoms with Crippen molar-refractivity contribution in [3.8, 4) is 0 Å². The predicted octanol–water partition coefficient (Wildman–Crippen LogP) is 6.52. The van der Waals surface area contributed by atoms with E-state index in [1.165, 1.54) is 4.91 Å². The van der Waals surface area contributed by atoms with E-state index >= 15 is 0 Å². The standard InChI is InChI=1S/C16H34OS2Si/c1-12(2)20(13(3)4,14(5)6)17-16(7,8)15(19-10)11-18-9/h11-14H,1-10H3/b15-11-. The van der Waals surface area contributed by atoms with Crippen molar-refractivity contribution in [3.63, 3.8) is 0 Å². The molecule has 0 radical (unpaired) electrons. The van der Waals surface area contributed by atoms with E-state index in [0.29, 0.717) is 16.6 Å². The molecule has 0 aliphatic carbocycles. The Morgan fingerprint density at radius 1 is 0.950 bits per heavy atom. The van der Waals surface area contributed by atoms with Gasteiger partial charge in [-0.25, -0.2) is 0 Å². The van der Waals surface area contributed by atoms with Gasteiger partial charge in [0.2, 0.25) is 8.32 Å². The number of hydrogen-bond donors (Lipinski definition) is 0. The predicted molar refractivity (Wildman–Crippen MR) is 101 cm³/mol. The molecular formula is C16H34OS2Si. The van der Waals surface area contributed by atoms with Crippen molar-refractivity contribution >= 4 is 31.8 Å². The SMILES string of the molecule is CS/C=C(\SC)C(C)(C)O[Si](C(C)C)(C(C)C)C(C)C.